The second kappa shape index (κ2) is 8.44. The van der Waals surface area contributed by atoms with Crippen molar-refractivity contribution in [2.24, 2.45) is 0 Å². The molecule has 0 aromatic heterocycles. The maximum atomic E-state index is 13.6. The Morgan fingerprint density at radius 3 is 0.917 bits per heavy atom. The minimum absolute atomic E-state index is 0.251. The molecular weight excluding hydrogens is 724 g/mol. The van der Waals surface area contributed by atoms with Gasteiger partial charge in [0.05, 0.1) is 11.4 Å². The summed E-state index contributed by atoms with van der Waals surface area (Å²) in [4.78, 5) is 56.5. The van der Waals surface area contributed by atoms with Gasteiger partial charge in [0.25, 0.3) is 23.6 Å². The van der Waals surface area contributed by atoms with Crippen LogP contribution in [0.25, 0.3) is 10.8 Å². The molecule has 0 bridgehead atoms. The quantitative estimate of drug-likeness (QED) is 0.200. The highest BCUT2D eigenvalue weighted by Gasteiger charge is 2.40. The van der Waals surface area contributed by atoms with E-state index in [-0.39, 0.29) is 22.3 Å². The molecule has 2 aliphatic rings. The fourth-order valence-electron chi connectivity index (χ4n) is 4.68. The second-order valence-electron chi connectivity index (χ2n) is 8.22. The van der Waals surface area contributed by atoms with Gasteiger partial charge in [0.15, 0.2) is 0 Å². The van der Waals surface area contributed by atoms with Gasteiger partial charge < -0.3 is 0 Å². The normalized spacial score (nSPS) is 14.8. The average Bonchev–Trinajstić information content (AvgIpc) is 2.80. The van der Waals surface area contributed by atoms with Crippen molar-refractivity contribution in [1.29, 1.82) is 0 Å². The van der Waals surface area contributed by atoms with Crippen molar-refractivity contribution in [3.63, 3.8) is 0 Å². The van der Waals surface area contributed by atoms with Crippen LogP contribution in [0.2, 0.25) is 0 Å². The van der Waals surface area contributed by atoms with Crippen LogP contribution in [-0.4, -0.2) is 23.6 Å². The zero-order valence-electron chi connectivity index (χ0n) is 17.8. The maximum absolute atomic E-state index is 13.6. The Morgan fingerprint density at radius 1 is 0.417 bits per heavy atom. The van der Waals surface area contributed by atoms with Crippen molar-refractivity contribution in [3.05, 3.63) is 101 Å². The summed E-state index contributed by atoms with van der Waals surface area (Å²) in [6.07, 6.45) is 0. The van der Waals surface area contributed by atoms with Crippen LogP contribution in [0.5, 0.6) is 0 Å². The lowest BCUT2D eigenvalue weighted by Crippen LogP contribution is -2.43. The molecule has 0 unspecified atom stereocenters. The minimum Gasteiger partial charge on any atom is -0.268 e. The lowest BCUT2D eigenvalue weighted by atomic mass is 9.85. The fourth-order valence-corrected chi connectivity index (χ4v) is 7.22. The molecule has 2 heterocycles. The smallest absolute Gasteiger partial charge is 0.265 e. The SMILES string of the molecule is O=C1c2ccc3c4c(ccc(c24)C(=O)N1c1cc(Br)cc(Br)c1)C(=O)N(c1cc(Br)cc(Br)c1)C3=O. The van der Waals surface area contributed by atoms with Gasteiger partial charge in [-0.05, 0) is 60.7 Å². The third-order valence-corrected chi connectivity index (χ3v) is 7.94. The molecule has 0 aliphatic carbocycles. The van der Waals surface area contributed by atoms with Crippen LogP contribution in [0.15, 0.2) is 78.6 Å². The molecule has 0 fully saturated rings. The van der Waals surface area contributed by atoms with Gasteiger partial charge in [-0.25, -0.2) is 9.80 Å². The highest BCUT2D eigenvalue weighted by atomic mass is 79.9. The van der Waals surface area contributed by atoms with Gasteiger partial charge in [0.1, 0.15) is 0 Å². The number of nitrogens with zero attached hydrogens (tertiary/aromatic N) is 2. The van der Waals surface area contributed by atoms with Gasteiger partial charge in [-0.1, -0.05) is 63.7 Å². The van der Waals surface area contributed by atoms with Crippen molar-refractivity contribution in [3.8, 4) is 0 Å². The van der Waals surface area contributed by atoms with Crippen molar-refractivity contribution >= 4 is 109 Å². The highest BCUT2D eigenvalue weighted by Crippen LogP contribution is 2.41. The maximum Gasteiger partial charge on any atom is 0.265 e. The van der Waals surface area contributed by atoms with Gasteiger partial charge in [0.2, 0.25) is 0 Å². The van der Waals surface area contributed by atoms with Crippen LogP contribution in [0.3, 0.4) is 0 Å². The number of hydrogen-bond donors (Lipinski definition) is 0. The van der Waals surface area contributed by atoms with Crippen LogP contribution in [0, 0.1) is 0 Å². The van der Waals surface area contributed by atoms with E-state index in [0.717, 1.165) is 9.80 Å². The number of rotatable bonds is 2. The lowest BCUT2D eigenvalue weighted by Gasteiger charge is -2.32. The van der Waals surface area contributed by atoms with Gasteiger partial charge in [-0.3, -0.25) is 19.2 Å². The van der Waals surface area contributed by atoms with Crippen LogP contribution >= 0.6 is 63.7 Å². The molecule has 0 radical (unpaired) electrons. The molecule has 176 valence electrons. The van der Waals surface area contributed by atoms with Crippen LogP contribution in [-0.2, 0) is 0 Å². The Hall–Kier alpha value is -2.66. The molecule has 6 nitrogen and oxygen atoms in total. The first-order valence-corrected chi connectivity index (χ1v) is 13.6. The molecule has 4 aromatic rings. The zero-order valence-corrected chi connectivity index (χ0v) is 24.2. The molecule has 36 heavy (non-hydrogen) atoms. The molecule has 4 amide bonds. The fraction of sp³-hybridized carbons (Fsp3) is 0. The summed E-state index contributed by atoms with van der Waals surface area (Å²) in [5, 5.41) is 0.643. The van der Waals surface area contributed by atoms with Crippen LogP contribution in [0.4, 0.5) is 11.4 Å². The summed E-state index contributed by atoms with van der Waals surface area (Å²) in [7, 11) is 0. The summed E-state index contributed by atoms with van der Waals surface area (Å²) in [6, 6.07) is 16.5. The summed E-state index contributed by atoms with van der Waals surface area (Å²) in [5.74, 6) is -2.11. The molecule has 0 saturated carbocycles. The predicted octanol–water partition coefficient (Wildman–Crippen LogP) is 7.49. The Morgan fingerprint density at radius 2 is 0.667 bits per heavy atom. The van der Waals surface area contributed by atoms with E-state index in [2.05, 4.69) is 63.7 Å². The Kier molecular flexibility index (Phi) is 5.56. The van der Waals surface area contributed by atoms with E-state index in [9.17, 15) is 19.2 Å². The van der Waals surface area contributed by atoms with E-state index >= 15 is 0 Å². The zero-order chi connectivity index (χ0) is 25.5. The monoisotopic (exact) mass is 730 g/mol. The molecule has 4 aromatic carbocycles. The first-order chi connectivity index (χ1) is 17.2. The van der Waals surface area contributed by atoms with Crippen molar-refractivity contribution < 1.29 is 19.2 Å². The van der Waals surface area contributed by atoms with E-state index in [0.29, 0.717) is 40.0 Å². The van der Waals surface area contributed by atoms with Gasteiger partial charge in [-0.15, -0.1) is 0 Å². The molecule has 2 aliphatic heterocycles. The molecule has 0 N–H and O–H groups in total. The Balaban J connectivity index is 1.56. The number of carbonyl (C=O) groups is 4. The Bertz CT molecular complexity index is 1500. The van der Waals surface area contributed by atoms with E-state index in [1.54, 1.807) is 60.7 Å². The minimum atomic E-state index is -0.528. The van der Waals surface area contributed by atoms with E-state index in [1.807, 2.05) is 0 Å². The van der Waals surface area contributed by atoms with Crippen molar-refractivity contribution in [2.45, 2.75) is 0 Å². The second-order valence-corrected chi connectivity index (χ2v) is 11.9. The summed E-state index contributed by atoms with van der Waals surface area (Å²) in [6.45, 7) is 0. The molecule has 0 spiro atoms. The number of carbonyl (C=O) groups excluding carboxylic acids is 4. The highest BCUT2D eigenvalue weighted by molar-refractivity contribution is 9.11. The van der Waals surface area contributed by atoms with E-state index in [1.165, 1.54) is 0 Å². The standard InChI is InChI=1S/C26H10Br4N2O4/c27-11-5-12(28)8-15(7-11)31-23(33)17-1-2-18-22-20(4-3-19(21(17)22)25(31)35)26(36)32(24(18)34)16-9-13(29)6-14(30)10-16/h1-10H. The van der Waals surface area contributed by atoms with Crippen molar-refractivity contribution in [2.75, 3.05) is 9.80 Å². The lowest BCUT2D eigenvalue weighted by molar-refractivity contribution is 0.0873. The number of imide groups is 2. The van der Waals surface area contributed by atoms with Gasteiger partial charge in [-0.2, -0.15) is 0 Å². The summed E-state index contributed by atoms with van der Waals surface area (Å²) < 4.78 is 2.77. The number of benzene rings is 4. The van der Waals surface area contributed by atoms with Crippen LogP contribution in [0.1, 0.15) is 41.4 Å². The number of halogens is 4. The van der Waals surface area contributed by atoms with Crippen LogP contribution < -0.4 is 9.80 Å². The Labute approximate surface area is 237 Å². The molecular formula is C26H10Br4N2O4. The summed E-state index contributed by atoms with van der Waals surface area (Å²) in [5.41, 5.74) is 1.79. The largest absolute Gasteiger partial charge is 0.268 e. The topological polar surface area (TPSA) is 74.8 Å². The van der Waals surface area contributed by atoms with Gasteiger partial charge in [0, 0.05) is 50.9 Å². The third-order valence-electron chi connectivity index (χ3n) is 6.11. The number of hydrogen-bond acceptors (Lipinski definition) is 4. The average molecular weight is 734 g/mol. The predicted molar refractivity (Wildman–Crippen MR) is 150 cm³/mol. The summed E-state index contributed by atoms with van der Waals surface area (Å²) >= 11 is 13.6. The molecule has 0 saturated heterocycles. The number of anilines is 2. The third kappa shape index (κ3) is 3.46. The molecule has 6 rings (SSSR count). The van der Waals surface area contributed by atoms with E-state index < -0.39 is 23.6 Å². The van der Waals surface area contributed by atoms with Gasteiger partial charge >= 0.3 is 0 Å². The first kappa shape index (κ1) is 23.7. The first-order valence-electron chi connectivity index (χ1n) is 10.4. The van der Waals surface area contributed by atoms with Crippen molar-refractivity contribution in [1.82, 2.24) is 0 Å². The number of amides is 4. The molecule has 0 atom stereocenters. The molecule has 10 heteroatoms. The van der Waals surface area contributed by atoms with E-state index in [4.69, 9.17) is 0 Å².